The van der Waals surface area contributed by atoms with E-state index in [1.807, 2.05) is 0 Å². The third-order valence-corrected chi connectivity index (χ3v) is 10.2. The van der Waals surface area contributed by atoms with Crippen LogP contribution in [-0.2, 0) is 28.6 Å². The Morgan fingerprint density at radius 3 is 1.48 bits per heavy atom. The van der Waals surface area contributed by atoms with Crippen LogP contribution in [0.25, 0.3) is 0 Å². The molecule has 2 saturated heterocycles. The van der Waals surface area contributed by atoms with Crippen molar-refractivity contribution in [2.24, 2.45) is 35.0 Å². The molecule has 254 valence electrons. The minimum atomic E-state index is -1.35. The molecule has 0 aromatic carbocycles. The minimum absolute atomic E-state index is 0.0222. The lowest BCUT2D eigenvalue weighted by Crippen LogP contribution is -2.56. The first-order valence-corrected chi connectivity index (χ1v) is 17.3. The lowest BCUT2D eigenvalue weighted by Gasteiger charge is -2.43. The number of piperidine rings is 2. The monoisotopic (exact) mass is 620 g/mol. The standard InChI is InChI=1S/C36H64N2O6/c1-21(2)24-13-25(18-34(7,8)17-24)43-32(40)28(33(41)44-27-15-30(23(5)6)38-36(11,12)20-27)16-31(39)42-26-14-29(22(3)4)37-35(9,10)19-26/h21-30,37-38H,13-20H2,1-12H3. The van der Waals surface area contributed by atoms with Gasteiger partial charge in [0.25, 0.3) is 0 Å². The van der Waals surface area contributed by atoms with E-state index in [2.05, 4.69) is 93.7 Å². The first kappa shape index (κ1) is 36.8. The summed E-state index contributed by atoms with van der Waals surface area (Å²) in [5.41, 5.74) is -0.388. The van der Waals surface area contributed by atoms with Crippen LogP contribution >= 0.6 is 0 Å². The molecule has 3 fully saturated rings. The summed E-state index contributed by atoms with van der Waals surface area (Å²) in [4.78, 5) is 41.0. The highest BCUT2D eigenvalue weighted by molar-refractivity contribution is 5.98. The summed E-state index contributed by atoms with van der Waals surface area (Å²) in [6.07, 6.45) is 3.89. The van der Waals surface area contributed by atoms with Crippen molar-refractivity contribution in [1.82, 2.24) is 10.6 Å². The molecular formula is C36H64N2O6. The van der Waals surface area contributed by atoms with Gasteiger partial charge in [0.05, 0.1) is 6.42 Å². The normalized spacial score (nSPS) is 32.2. The molecule has 1 saturated carbocycles. The number of ether oxygens (including phenoxy) is 3. The van der Waals surface area contributed by atoms with Gasteiger partial charge in [0.1, 0.15) is 18.3 Å². The number of carbonyl (C=O) groups is 3. The fourth-order valence-electron chi connectivity index (χ4n) is 7.84. The molecule has 0 radical (unpaired) electrons. The Kier molecular flexibility index (Phi) is 12.0. The van der Waals surface area contributed by atoms with Crippen molar-refractivity contribution in [3.63, 3.8) is 0 Å². The summed E-state index contributed by atoms with van der Waals surface area (Å²) in [6, 6.07) is 0.393. The van der Waals surface area contributed by atoms with Crippen molar-refractivity contribution < 1.29 is 28.6 Å². The van der Waals surface area contributed by atoms with Gasteiger partial charge < -0.3 is 24.8 Å². The highest BCUT2D eigenvalue weighted by Crippen LogP contribution is 2.43. The van der Waals surface area contributed by atoms with Crippen LogP contribution in [0.4, 0.5) is 0 Å². The second-order valence-corrected chi connectivity index (χ2v) is 17.4. The smallest absolute Gasteiger partial charge is 0.321 e. The van der Waals surface area contributed by atoms with Gasteiger partial charge in [-0.2, -0.15) is 0 Å². The lowest BCUT2D eigenvalue weighted by molar-refractivity contribution is -0.177. The molecule has 1 aliphatic carbocycles. The molecule has 8 heteroatoms. The van der Waals surface area contributed by atoms with E-state index in [1.54, 1.807) is 0 Å². The van der Waals surface area contributed by atoms with Gasteiger partial charge in [-0.3, -0.25) is 14.4 Å². The largest absolute Gasteiger partial charge is 0.462 e. The predicted molar refractivity (Wildman–Crippen MR) is 174 cm³/mol. The fraction of sp³-hybridized carbons (Fsp3) is 0.917. The van der Waals surface area contributed by atoms with Crippen molar-refractivity contribution in [3.05, 3.63) is 0 Å². The van der Waals surface area contributed by atoms with E-state index in [1.165, 1.54) is 0 Å². The SMILES string of the molecule is CC(C)C1CC(OC(=O)C(CC(=O)OC2CC(C(C)C)NC(C)(C)C2)C(=O)OC2CC(C(C)C)NC(C)(C)C2)CC(C)(C)C1. The number of hydrogen-bond acceptors (Lipinski definition) is 8. The van der Waals surface area contributed by atoms with Crippen molar-refractivity contribution in [3.8, 4) is 0 Å². The number of nitrogens with one attached hydrogen (secondary N) is 2. The van der Waals surface area contributed by atoms with Gasteiger partial charge in [-0.05, 0) is 76.0 Å². The maximum atomic E-state index is 13.8. The van der Waals surface area contributed by atoms with Gasteiger partial charge in [-0.25, -0.2) is 0 Å². The molecule has 0 aromatic rings. The number of hydrogen-bond donors (Lipinski definition) is 2. The number of rotatable bonds is 10. The zero-order valence-corrected chi connectivity index (χ0v) is 29.9. The summed E-state index contributed by atoms with van der Waals surface area (Å²) in [5.74, 6) is -1.62. The first-order chi connectivity index (χ1) is 20.1. The van der Waals surface area contributed by atoms with Gasteiger partial charge in [0, 0.05) is 48.8 Å². The molecule has 8 nitrogen and oxygen atoms in total. The summed E-state index contributed by atoms with van der Waals surface area (Å²) in [6.45, 7) is 25.9. The molecule has 0 amide bonds. The van der Waals surface area contributed by atoms with Gasteiger partial charge in [-0.1, -0.05) is 55.4 Å². The van der Waals surface area contributed by atoms with Crippen LogP contribution < -0.4 is 10.6 Å². The minimum Gasteiger partial charge on any atom is -0.462 e. The van der Waals surface area contributed by atoms with Crippen LogP contribution in [0.15, 0.2) is 0 Å². The zero-order chi connectivity index (χ0) is 33.2. The third kappa shape index (κ3) is 10.7. The highest BCUT2D eigenvalue weighted by atomic mass is 16.6. The Labute approximate surface area is 267 Å². The van der Waals surface area contributed by atoms with Crippen LogP contribution in [0.3, 0.4) is 0 Å². The Morgan fingerprint density at radius 1 is 0.614 bits per heavy atom. The van der Waals surface area contributed by atoms with E-state index in [4.69, 9.17) is 14.2 Å². The van der Waals surface area contributed by atoms with E-state index in [-0.39, 0.29) is 53.3 Å². The molecule has 0 spiro atoms. The van der Waals surface area contributed by atoms with Crippen LogP contribution in [0.1, 0.15) is 134 Å². The maximum absolute atomic E-state index is 13.8. The molecule has 3 rings (SSSR count). The van der Waals surface area contributed by atoms with Crippen LogP contribution in [-0.4, -0.2) is 59.4 Å². The van der Waals surface area contributed by atoms with E-state index in [9.17, 15) is 14.4 Å². The first-order valence-electron chi connectivity index (χ1n) is 17.3. The fourth-order valence-corrected chi connectivity index (χ4v) is 7.84. The van der Waals surface area contributed by atoms with E-state index >= 15 is 0 Å². The van der Waals surface area contributed by atoms with E-state index in [0.717, 1.165) is 19.3 Å². The lowest BCUT2D eigenvalue weighted by atomic mass is 9.68. The highest BCUT2D eigenvalue weighted by Gasteiger charge is 2.43. The molecule has 0 aromatic heterocycles. The van der Waals surface area contributed by atoms with Gasteiger partial charge in [0.15, 0.2) is 5.92 Å². The number of carbonyl (C=O) groups excluding carboxylic acids is 3. The maximum Gasteiger partial charge on any atom is 0.321 e. The summed E-state index contributed by atoms with van der Waals surface area (Å²) >= 11 is 0. The molecule has 0 bridgehead atoms. The summed E-state index contributed by atoms with van der Waals surface area (Å²) in [5, 5.41) is 7.31. The Morgan fingerprint density at radius 2 is 1.05 bits per heavy atom. The van der Waals surface area contributed by atoms with Crippen LogP contribution in [0.2, 0.25) is 0 Å². The molecule has 2 aliphatic heterocycles. The molecule has 2 N–H and O–H groups in total. The third-order valence-electron chi connectivity index (χ3n) is 10.2. The van der Waals surface area contributed by atoms with Crippen molar-refractivity contribution in [2.45, 2.75) is 176 Å². The molecule has 7 unspecified atom stereocenters. The van der Waals surface area contributed by atoms with Crippen molar-refractivity contribution in [2.75, 3.05) is 0 Å². The molecular weight excluding hydrogens is 556 g/mol. The second kappa shape index (κ2) is 14.4. The van der Waals surface area contributed by atoms with E-state index in [0.29, 0.717) is 49.4 Å². The molecule has 3 aliphatic rings. The van der Waals surface area contributed by atoms with Crippen LogP contribution in [0, 0.1) is 35.0 Å². The Hall–Kier alpha value is -1.67. The van der Waals surface area contributed by atoms with E-state index < -0.39 is 23.8 Å². The zero-order valence-electron chi connectivity index (χ0n) is 29.9. The molecule has 7 atom stereocenters. The number of esters is 3. The van der Waals surface area contributed by atoms with Crippen molar-refractivity contribution >= 4 is 17.9 Å². The Balaban J connectivity index is 1.78. The molecule has 44 heavy (non-hydrogen) atoms. The van der Waals surface area contributed by atoms with Gasteiger partial charge in [0.2, 0.25) is 0 Å². The van der Waals surface area contributed by atoms with Crippen molar-refractivity contribution in [1.29, 1.82) is 0 Å². The Bertz CT molecular complexity index is 951. The van der Waals surface area contributed by atoms with Gasteiger partial charge in [-0.15, -0.1) is 0 Å². The predicted octanol–water partition coefficient (Wildman–Crippen LogP) is 6.58. The summed E-state index contributed by atoms with van der Waals surface area (Å²) < 4.78 is 18.1. The van der Waals surface area contributed by atoms with Crippen LogP contribution in [0.5, 0.6) is 0 Å². The average Bonchev–Trinajstić information content (AvgIpc) is 2.84. The van der Waals surface area contributed by atoms with Gasteiger partial charge >= 0.3 is 17.9 Å². The quantitative estimate of drug-likeness (QED) is 0.160. The topological polar surface area (TPSA) is 103 Å². The second-order valence-electron chi connectivity index (χ2n) is 17.4. The summed E-state index contributed by atoms with van der Waals surface area (Å²) in [7, 11) is 0. The average molecular weight is 621 g/mol. The molecule has 2 heterocycles.